The van der Waals surface area contributed by atoms with E-state index in [1.165, 1.54) is 0 Å². The summed E-state index contributed by atoms with van der Waals surface area (Å²) >= 11 is 0. The lowest BCUT2D eigenvalue weighted by atomic mass is 10.1. The average Bonchev–Trinajstić information content (AvgIpc) is 3.24. The van der Waals surface area contributed by atoms with E-state index in [0.29, 0.717) is 25.7 Å². The van der Waals surface area contributed by atoms with Gasteiger partial charge in [0.05, 0.1) is 6.61 Å². The van der Waals surface area contributed by atoms with Crippen molar-refractivity contribution < 1.29 is 9.53 Å². The number of hydrogen-bond acceptors (Lipinski definition) is 3. The molecule has 2 rings (SSSR count). The minimum Gasteiger partial charge on any atom is -0.383 e. The molecule has 0 aromatic heterocycles. The first-order valence-corrected chi connectivity index (χ1v) is 6.85. The third-order valence-electron chi connectivity index (χ3n) is 3.39. The Morgan fingerprint density at radius 1 is 1.47 bits per heavy atom. The molecule has 0 heterocycles. The Bertz CT molecular complexity index is 430. The summed E-state index contributed by atoms with van der Waals surface area (Å²) in [7, 11) is 1.66. The van der Waals surface area contributed by atoms with Crippen LogP contribution >= 0.6 is 0 Å². The zero-order valence-electron chi connectivity index (χ0n) is 11.5. The van der Waals surface area contributed by atoms with Crippen LogP contribution in [-0.4, -0.2) is 43.7 Å². The molecular weight excluding hydrogens is 240 g/mol. The molecule has 0 aliphatic heterocycles. The Morgan fingerprint density at radius 2 is 2.26 bits per heavy atom. The minimum absolute atomic E-state index is 0.110. The molecule has 0 saturated heterocycles. The first-order valence-electron chi connectivity index (χ1n) is 6.85. The molecule has 1 saturated carbocycles. The molecule has 1 aromatic rings. The normalized spacial score (nSPS) is 14.4. The Hall–Kier alpha value is -1.39. The van der Waals surface area contributed by atoms with Gasteiger partial charge in [-0.2, -0.15) is 0 Å². The summed E-state index contributed by atoms with van der Waals surface area (Å²) in [4.78, 5) is 14.5. The van der Waals surface area contributed by atoms with Gasteiger partial charge in [-0.15, -0.1) is 0 Å². The number of nitrogens with zero attached hydrogens (tertiary/aromatic N) is 1. The van der Waals surface area contributed by atoms with Crippen LogP contribution in [0.2, 0.25) is 0 Å². The summed E-state index contributed by atoms with van der Waals surface area (Å²) in [5.41, 5.74) is 7.44. The van der Waals surface area contributed by atoms with E-state index in [2.05, 4.69) is 0 Å². The van der Waals surface area contributed by atoms with Crippen molar-refractivity contribution in [2.24, 2.45) is 5.73 Å². The molecular formula is C15H22N2O2. The molecule has 4 heteroatoms. The van der Waals surface area contributed by atoms with E-state index in [1.54, 1.807) is 7.11 Å². The summed E-state index contributed by atoms with van der Waals surface area (Å²) in [5.74, 6) is 0.110. The molecule has 0 atom stereocenters. The summed E-state index contributed by atoms with van der Waals surface area (Å²) < 4.78 is 5.09. The number of carbonyl (C=O) groups is 1. The van der Waals surface area contributed by atoms with E-state index in [9.17, 15) is 4.79 Å². The van der Waals surface area contributed by atoms with Crippen LogP contribution in [0.1, 0.15) is 28.8 Å². The van der Waals surface area contributed by atoms with Gasteiger partial charge in [-0.3, -0.25) is 4.79 Å². The molecule has 104 valence electrons. The maximum absolute atomic E-state index is 12.5. The third kappa shape index (κ3) is 3.78. The lowest BCUT2D eigenvalue weighted by Gasteiger charge is -2.22. The summed E-state index contributed by atoms with van der Waals surface area (Å²) in [6, 6.07) is 8.18. The fourth-order valence-corrected chi connectivity index (χ4v) is 2.22. The van der Waals surface area contributed by atoms with E-state index in [1.807, 2.05) is 29.2 Å². The van der Waals surface area contributed by atoms with Crippen molar-refractivity contribution in [3.63, 3.8) is 0 Å². The van der Waals surface area contributed by atoms with Gasteiger partial charge in [0.15, 0.2) is 0 Å². The number of hydrogen-bond donors (Lipinski definition) is 1. The molecule has 0 radical (unpaired) electrons. The fraction of sp³-hybridized carbons (Fsp3) is 0.533. The number of benzene rings is 1. The van der Waals surface area contributed by atoms with Crippen LogP contribution in [0.25, 0.3) is 0 Å². The van der Waals surface area contributed by atoms with Crippen LogP contribution in [0.3, 0.4) is 0 Å². The summed E-state index contributed by atoms with van der Waals surface area (Å²) in [6.45, 7) is 1.86. The maximum Gasteiger partial charge on any atom is 0.254 e. The van der Waals surface area contributed by atoms with E-state index < -0.39 is 0 Å². The summed E-state index contributed by atoms with van der Waals surface area (Å²) in [5, 5.41) is 0. The standard InChI is InChI=1S/C15H22N2O2/c1-19-10-9-17(14-5-6-14)15(18)13-4-2-3-12(11-13)7-8-16/h2-4,11,14H,5-10,16H2,1H3. The second-order valence-corrected chi connectivity index (χ2v) is 4.96. The Kier molecular flexibility index (Phi) is 4.93. The molecule has 1 fully saturated rings. The van der Waals surface area contributed by atoms with Crippen LogP contribution in [0.15, 0.2) is 24.3 Å². The van der Waals surface area contributed by atoms with Crippen LogP contribution in [0.5, 0.6) is 0 Å². The molecule has 1 amide bonds. The molecule has 1 aliphatic rings. The summed E-state index contributed by atoms with van der Waals surface area (Å²) in [6.07, 6.45) is 3.03. The minimum atomic E-state index is 0.110. The molecule has 1 aromatic carbocycles. The quantitative estimate of drug-likeness (QED) is 0.809. The molecule has 0 unspecified atom stereocenters. The zero-order chi connectivity index (χ0) is 13.7. The van der Waals surface area contributed by atoms with Crippen molar-refractivity contribution in [3.8, 4) is 0 Å². The predicted molar refractivity (Wildman–Crippen MR) is 75.1 cm³/mol. The zero-order valence-corrected chi connectivity index (χ0v) is 11.5. The molecule has 0 spiro atoms. The van der Waals surface area contributed by atoms with Gasteiger partial charge in [-0.1, -0.05) is 12.1 Å². The number of carbonyl (C=O) groups excluding carboxylic acids is 1. The van der Waals surface area contributed by atoms with Crippen molar-refractivity contribution in [2.45, 2.75) is 25.3 Å². The first kappa shape index (κ1) is 14.0. The van der Waals surface area contributed by atoms with E-state index in [-0.39, 0.29) is 5.91 Å². The number of rotatable bonds is 7. The van der Waals surface area contributed by atoms with E-state index in [4.69, 9.17) is 10.5 Å². The van der Waals surface area contributed by atoms with Crippen molar-refractivity contribution >= 4 is 5.91 Å². The lowest BCUT2D eigenvalue weighted by Crippen LogP contribution is -2.35. The van der Waals surface area contributed by atoms with Gasteiger partial charge in [0, 0.05) is 25.3 Å². The number of amides is 1. The highest BCUT2D eigenvalue weighted by atomic mass is 16.5. The third-order valence-corrected chi connectivity index (χ3v) is 3.39. The maximum atomic E-state index is 12.5. The highest BCUT2D eigenvalue weighted by Crippen LogP contribution is 2.28. The fourth-order valence-electron chi connectivity index (χ4n) is 2.22. The van der Waals surface area contributed by atoms with Crippen LogP contribution in [0.4, 0.5) is 0 Å². The topological polar surface area (TPSA) is 55.6 Å². The van der Waals surface area contributed by atoms with Gasteiger partial charge in [0.2, 0.25) is 0 Å². The Labute approximate surface area is 114 Å². The predicted octanol–water partition coefficient (Wildman–Crippen LogP) is 1.44. The van der Waals surface area contributed by atoms with Gasteiger partial charge in [0.1, 0.15) is 0 Å². The Morgan fingerprint density at radius 3 is 2.89 bits per heavy atom. The largest absolute Gasteiger partial charge is 0.383 e. The first-order chi connectivity index (χ1) is 9.26. The Balaban J connectivity index is 2.09. The number of methoxy groups -OCH3 is 1. The van der Waals surface area contributed by atoms with Crippen LogP contribution < -0.4 is 5.73 Å². The van der Waals surface area contributed by atoms with Gasteiger partial charge >= 0.3 is 0 Å². The number of nitrogens with two attached hydrogens (primary N) is 1. The molecule has 4 nitrogen and oxygen atoms in total. The highest BCUT2D eigenvalue weighted by Gasteiger charge is 2.32. The van der Waals surface area contributed by atoms with Crippen molar-refractivity contribution in [1.29, 1.82) is 0 Å². The second kappa shape index (κ2) is 6.68. The second-order valence-electron chi connectivity index (χ2n) is 4.96. The van der Waals surface area contributed by atoms with Gasteiger partial charge in [-0.05, 0) is 43.5 Å². The van der Waals surface area contributed by atoms with Crippen molar-refractivity contribution in [2.75, 3.05) is 26.8 Å². The average molecular weight is 262 g/mol. The van der Waals surface area contributed by atoms with E-state index in [0.717, 1.165) is 30.4 Å². The van der Waals surface area contributed by atoms with Crippen molar-refractivity contribution in [1.82, 2.24) is 4.90 Å². The molecule has 2 N–H and O–H groups in total. The van der Waals surface area contributed by atoms with Gasteiger partial charge in [0.25, 0.3) is 5.91 Å². The van der Waals surface area contributed by atoms with Crippen LogP contribution in [0, 0.1) is 0 Å². The molecule has 19 heavy (non-hydrogen) atoms. The molecule has 0 bridgehead atoms. The lowest BCUT2D eigenvalue weighted by molar-refractivity contribution is 0.0680. The van der Waals surface area contributed by atoms with Gasteiger partial charge < -0.3 is 15.4 Å². The smallest absolute Gasteiger partial charge is 0.254 e. The molecule has 1 aliphatic carbocycles. The van der Waals surface area contributed by atoms with E-state index >= 15 is 0 Å². The van der Waals surface area contributed by atoms with Gasteiger partial charge in [-0.25, -0.2) is 0 Å². The number of ether oxygens (including phenoxy) is 1. The van der Waals surface area contributed by atoms with Crippen molar-refractivity contribution in [3.05, 3.63) is 35.4 Å². The highest BCUT2D eigenvalue weighted by molar-refractivity contribution is 5.94. The monoisotopic (exact) mass is 262 g/mol. The van der Waals surface area contributed by atoms with Crippen LogP contribution in [-0.2, 0) is 11.2 Å². The SMILES string of the molecule is COCCN(C(=O)c1cccc(CCN)c1)C1CC1.